The molecule has 2 aromatic heterocycles. The number of amides is 1. The molecule has 0 radical (unpaired) electrons. The van der Waals surface area contributed by atoms with E-state index in [2.05, 4.69) is 20.6 Å². The van der Waals surface area contributed by atoms with Gasteiger partial charge in [-0.2, -0.15) is 4.98 Å². The minimum Gasteiger partial charge on any atom is -0.423 e. The number of aromatic nitrogens is 2. The standard InChI is InChI=1S/C14H10Cl2N4O2/c1-17-13(21)11-4-7(2-3-18-11)19-14-20-10-5-8(15)9(16)6-12(10)22-14/h2-6H,1H3,(H,17,21)(H,18,19,20). The molecule has 1 aromatic carbocycles. The highest BCUT2D eigenvalue weighted by Crippen LogP contribution is 2.30. The van der Waals surface area contributed by atoms with Crippen LogP contribution in [-0.4, -0.2) is 22.9 Å². The van der Waals surface area contributed by atoms with Crippen LogP contribution in [0.1, 0.15) is 10.5 Å². The SMILES string of the molecule is CNC(=O)c1cc(Nc2nc3cc(Cl)c(Cl)cc3o2)ccn1. The number of halogens is 2. The van der Waals surface area contributed by atoms with E-state index in [0.717, 1.165) is 0 Å². The first-order valence-corrected chi connectivity index (χ1v) is 7.03. The maximum atomic E-state index is 11.6. The third kappa shape index (κ3) is 2.84. The zero-order chi connectivity index (χ0) is 15.7. The zero-order valence-corrected chi connectivity index (χ0v) is 12.9. The van der Waals surface area contributed by atoms with Gasteiger partial charge in [0.2, 0.25) is 0 Å². The molecule has 22 heavy (non-hydrogen) atoms. The second kappa shape index (κ2) is 5.82. The van der Waals surface area contributed by atoms with Crippen LogP contribution in [0.3, 0.4) is 0 Å². The van der Waals surface area contributed by atoms with Crippen molar-refractivity contribution < 1.29 is 9.21 Å². The molecule has 0 aliphatic heterocycles. The zero-order valence-electron chi connectivity index (χ0n) is 11.4. The van der Waals surface area contributed by atoms with Gasteiger partial charge >= 0.3 is 0 Å². The van der Waals surface area contributed by atoms with Crippen LogP contribution >= 0.6 is 23.2 Å². The summed E-state index contributed by atoms with van der Waals surface area (Å²) in [5.74, 6) is -0.278. The van der Waals surface area contributed by atoms with Crippen molar-refractivity contribution in [1.82, 2.24) is 15.3 Å². The highest BCUT2D eigenvalue weighted by Gasteiger charge is 2.11. The van der Waals surface area contributed by atoms with Crippen molar-refractivity contribution in [3.8, 4) is 0 Å². The molecule has 8 heteroatoms. The van der Waals surface area contributed by atoms with Crippen LogP contribution in [-0.2, 0) is 0 Å². The van der Waals surface area contributed by atoms with E-state index in [-0.39, 0.29) is 17.6 Å². The Kier molecular flexibility index (Phi) is 3.87. The van der Waals surface area contributed by atoms with E-state index >= 15 is 0 Å². The predicted molar refractivity (Wildman–Crippen MR) is 84.9 cm³/mol. The summed E-state index contributed by atoms with van der Waals surface area (Å²) in [6.45, 7) is 0. The number of nitrogens with one attached hydrogen (secondary N) is 2. The molecule has 0 spiro atoms. The van der Waals surface area contributed by atoms with Crippen LogP contribution in [0.15, 0.2) is 34.9 Å². The number of nitrogens with zero attached hydrogens (tertiary/aromatic N) is 2. The van der Waals surface area contributed by atoms with E-state index in [4.69, 9.17) is 27.6 Å². The molecule has 0 atom stereocenters. The van der Waals surface area contributed by atoms with E-state index in [1.165, 1.54) is 6.20 Å². The molecule has 3 aromatic rings. The van der Waals surface area contributed by atoms with Crippen LogP contribution in [0.2, 0.25) is 10.0 Å². The Morgan fingerprint density at radius 3 is 2.77 bits per heavy atom. The van der Waals surface area contributed by atoms with Gasteiger partial charge in [0.1, 0.15) is 11.2 Å². The number of anilines is 2. The molecule has 2 heterocycles. The van der Waals surface area contributed by atoms with Gasteiger partial charge in [0.15, 0.2) is 5.58 Å². The molecule has 0 saturated heterocycles. The van der Waals surface area contributed by atoms with Crippen LogP contribution in [0.5, 0.6) is 0 Å². The average molecular weight is 337 g/mol. The third-order valence-corrected chi connectivity index (χ3v) is 3.62. The predicted octanol–water partition coefficient (Wildman–Crippen LogP) is 3.63. The van der Waals surface area contributed by atoms with Crippen LogP contribution < -0.4 is 10.6 Å². The van der Waals surface area contributed by atoms with Gasteiger partial charge < -0.3 is 15.1 Å². The number of rotatable bonds is 3. The monoisotopic (exact) mass is 336 g/mol. The maximum Gasteiger partial charge on any atom is 0.300 e. The molecule has 0 bridgehead atoms. The first-order chi connectivity index (χ1) is 10.6. The lowest BCUT2D eigenvalue weighted by Crippen LogP contribution is -2.19. The number of pyridine rings is 1. The van der Waals surface area contributed by atoms with Crippen molar-refractivity contribution in [2.45, 2.75) is 0 Å². The van der Waals surface area contributed by atoms with Gasteiger partial charge in [-0.25, -0.2) is 0 Å². The molecule has 6 nitrogen and oxygen atoms in total. The number of hydrogen-bond acceptors (Lipinski definition) is 5. The van der Waals surface area contributed by atoms with Crippen molar-refractivity contribution in [1.29, 1.82) is 0 Å². The Morgan fingerprint density at radius 2 is 2.00 bits per heavy atom. The molecular weight excluding hydrogens is 327 g/mol. The number of fused-ring (bicyclic) bond motifs is 1. The molecule has 1 amide bonds. The Morgan fingerprint density at radius 1 is 1.23 bits per heavy atom. The molecule has 0 aliphatic rings. The molecule has 112 valence electrons. The summed E-state index contributed by atoms with van der Waals surface area (Å²) in [5, 5.41) is 6.27. The van der Waals surface area contributed by atoms with Crippen LogP contribution in [0.4, 0.5) is 11.7 Å². The summed E-state index contributed by atoms with van der Waals surface area (Å²) in [6.07, 6.45) is 1.52. The Bertz CT molecular complexity index is 824. The highest BCUT2D eigenvalue weighted by molar-refractivity contribution is 6.42. The van der Waals surface area contributed by atoms with Crippen molar-refractivity contribution in [2.24, 2.45) is 0 Å². The summed E-state index contributed by atoms with van der Waals surface area (Å²) in [6, 6.07) is 6.77. The quantitative estimate of drug-likeness (QED) is 0.763. The van der Waals surface area contributed by atoms with E-state index in [1.807, 2.05) is 0 Å². The summed E-state index contributed by atoms with van der Waals surface area (Å²) in [5.41, 5.74) is 2.00. The van der Waals surface area contributed by atoms with Gasteiger partial charge in [-0.15, -0.1) is 0 Å². The molecule has 0 unspecified atom stereocenters. The summed E-state index contributed by atoms with van der Waals surface area (Å²) in [4.78, 5) is 19.8. The van der Waals surface area contributed by atoms with Crippen molar-refractivity contribution in [3.63, 3.8) is 0 Å². The molecule has 0 saturated carbocycles. The number of oxazole rings is 1. The molecule has 0 aliphatic carbocycles. The van der Waals surface area contributed by atoms with Gasteiger partial charge in [-0.1, -0.05) is 23.2 Å². The lowest BCUT2D eigenvalue weighted by molar-refractivity contribution is 0.0958. The number of hydrogen-bond donors (Lipinski definition) is 2. The van der Waals surface area contributed by atoms with Crippen molar-refractivity contribution in [2.75, 3.05) is 12.4 Å². The third-order valence-electron chi connectivity index (χ3n) is 2.90. The Balaban J connectivity index is 1.91. The van der Waals surface area contributed by atoms with E-state index < -0.39 is 0 Å². The number of carbonyl (C=O) groups is 1. The van der Waals surface area contributed by atoms with Crippen molar-refractivity contribution in [3.05, 3.63) is 46.2 Å². The van der Waals surface area contributed by atoms with Crippen LogP contribution in [0.25, 0.3) is 11.1 Å². The molecule has 3 rings (SSSR count). The van der Waals surface area contributed by atoms with E-state index in [0.29, 0.717) is 26.8 Å². The fraction of sp³-hybridized carbons (Fsp3) is 0.0714. The largest absolute Gasteiger partial charge is 0.423 e. The average Bonchev–Trinajstić information content (AvgIpc) is 2.88. The summed E-state index contributed by atoms with van der Waals surface area (Å²) < 4.78 is 5.55. The summed E-state index contributed by atoms with van der Waals surface area (Å²) >= 11 is 11.9. The molecule has 0 fully saturated rings. The van der Waals surface area contributed by atoms with Gasteiger partial charge in [0, 0.05) is 25.0 Å². The molecule has 2 N–H and O–H groups in total. The molecular formula is C14H10Cl2N4O2. The number of benzene rings is 1. The lowest BCUT2D eigenvalue weighted by atomic mass is 10.3. The van der Waals surface area contributed by atoms with Crippen molar-refractivity contribution >= 4 is 51.9 Å². The second-order valence-corrected chi connectivity index (χ2v) is 5.20. The van der Waals surface area contributed by atoms with Crippen LogP contribution in [0, 0.1) is 0 Å². The summed E-state index contributed by atoms with van der Waals surface area (Å²) in [7, 11) is 1.54. The Hall–Kier alpha value is -2.31. The second-order valence-electron chi connectivity index (χ2n) is 4.39. The highest BCUT2D eigenvalue weighted by atomic mass is 35.5. The fourth-order valence-corrected chi connectivity index (χ4v) is 2.17. The maximum absolute atomic E-state index is 11.6. The van der Waals surface area contributed by atoms with Gasteiger partial charge in [0.05, 0.1) is 10.0 Å². The first-order valence-electron chi connectivity index (χ1n) is 6.27. The lowest BCUT2D eigenvalue weighted by Gasteiger charge is -2.03. The smallest absolute Gasteiger partial charge is 0.300 e. The minimum absolute atomic E-state index is 0.266. The van der Waals surface area contributed by atoms with Gasteiger partial charge in [-0.3, -0.25) is 9.78 Å². The normalized spacial score (nSPS) is 10.7. The van der Waals surface area contributed by atoms with Gasteiger partial charge in [0.25, 0.3) is 11.9 Å². The fourth-order valence-electron chi connectivity index (χ4n) is 1.86. The minimum atomic E-state index is -0.278. The van der Waals surface area contributed by atoms with Gasteiger partial charge in [-0.05, 0) is 18.2 Å². The first kappa shape index (κ1) is 14.6. The van der Waals surface area contributed by atoms with E-state index in [9.17, 15) is 4.79 Å². The Labute approximate surface area is 135 Å². The number of carbonyl (C=O) groups excluding carboxylic acids is 1. The topological polar surface area (TPSA) is 80.0 Å². The van der Waals surface area contributed by atoms with E-state index in [1.54, 1.807) is 31.3 Å².